The Labute approximate surface area is 238 Å². The van der Waals surface area contributed by atoms with Gasteiger partial charge in [0, 0.05) is 10.9 Å². The highest BCUT2D eigenvalue weighted by Crippen LogP contribution is 2.35. The second kappa shape index (κ2) is 9.58. The van der Waals surface area contributed by atoms with Crippen molar-refractivity contribution in [1.82, 2.24) is 14.4 Å². The van der Waals surface area contributed by atoms with E-state index in [0.29, 0.717) is 0 Å². The molecule has 3 nitrogen and oxygen atoms in total. The van der Waals surface area contributed by atoms with Gasteiger partial charge in [0.15, 0.2) is 0 Å². The van der Waals surface area contributed by atoms with E-state index in [1.807, 2.05) is 18.2 Å². The molecule has 0 aliphatic heterocycles. The van der Waals surface area contributed by atoms with Crippen LogP contribution in [0.5, 0.6) is 0 Å². The summed E-state index contributed by atoms with van der Waals surface area (Å²) < 4.78 is 2.19. The van der Waals surface area contributed by atoms with Crippen LogP contribution >= 0.6 is 0 Å². The predicted octanol–water partition coefficient (Wildman–Crippen LogP) is 9.70. The highest BCUT2D eigenvalue weighted by molar-refractivity contribution is 5.98. The average molecular weight is 524 g/mol. The molecule has 0 bridgehead atoms. The molecule has 0 saturated heterocycles. The van der Waals surface area contributed by atoms with Gasteiger partial charge < -0.3 is 0 Å². The van der Waals surface area contributed by atoms with E-state index in [1.165, 1.54) is 27.8 Å². The van der Waals surface area contributed by atoms with Crippen molar-refractivity contribution in [2.75, 3.05) is 0 Å². The van der Waals surface area contributed by atoms with Gasteiger partial charge in [-0.25, -0.2) is 9.97 Å². The summed E-state index contributed by atoms with van der Waals surface area (Å²) in [6.07, 6.45) is 0. The first-order valence-corrected chi connectivity index (χ1v) is 13.8. The van der Waals surface area contributed by atoms with Crippen LogP contribution in [0.25, 0.3) is 72.4 Å². The molecule has 0 fully saturated rings. The Morgan fingerprint density at radius 1 is 0.366 bits per heavy atom. The van der Waals surface area contributed by atoms with Gasteiger partial charge in [0.25, 0.3) is 0 Å². The maximum absolute atomic E-state index is 5.13. The van der Waals surface area contributed by atoms with Crippen LogP contribution in [-0.2, 0) is 0 Å². The van der Waals surface area contributed by atoms with Crippen molar-refractivity contribution in [2.24, 2.45) is 0 Å². The zero-order chi connectivity index (χ0) is 27.2. The number of para-hydroxylation sites is 3. The van der Waals surface area contributed by atoms with Gasteiger partial charge in [-0.05, 0) is 75.8 Å². The number of imidazole rings is 1. The second-order valence-corrected chi connectivity index (χ2v) is 10.3. The van der Waals surface area contributed by atoms with Gasteiger partial charge in [0.2, 0.25) is 0 Å². The summed E-state index contributed by atoms with van der Waals surface area (Å²) in [5.74, 6) is 0.891. The first kappa shape index (κ1) is 23.4. The van der Waals surface area contributed by atoms with Crippen LogP contribution in [0.2, 0.25) is 0 Å². The van der Waals surface area contributed by atoms with Crippen molar-refractivity contribution < 1.29 is 0 Å². The number of hydrogen-bond acceptors (Lipinski definition) is 2. The minimum Gasteiger partial charge on any atom is -0.276 e. The molecule has 3 heteroatoms. The van der Waals surface area contributed by atoms with Crippen LogP contribution in [0.15, 0.2) is 152 Å². The molecule has 0 N–H and O–H groups in total. The van der Waals surface area contributed by atoms with Crippen LogP contribution in [0.1, 0.15) is 0 Å². The summed E-state index contributed by atoms with van der Waals surface area (Å²) in [4.78, 5) is 10.1. The molecular weight excluding hydrogens is 498 g/mol. The SMILES string of the molecule is c1ccc(-c2cc(-c3ccccc3)cc(-c3ccc(-c4nc5ccccc5c5nc6ccccc6n45)cc3)c2)cc1. The fraction of sp³-hybridized carbons (Fsp3) is 0. The van der Waals surface area contributed by atoms with Gasteiger partial charge in [0.05, 0.1) is 16.6 Å². The molecule has 0 unspecified atom stereocenters. The maximum Gasteiger partial charge on any atom is 0.149 e. The molecule has 2 heterocycles. The number of hydrogen-bond donors (Lipinski definition) is 0. The zero-order valence-corrected chi connectivity index (χ0v) is 22.3. The molecular formula is C38H25N3. The number of rotatable bonds is 4. The molecule has 8 aromatic rings. The molecule has 0 spiro atoms. The van der Waals surface area contributed by atoms with Crippen LogP contribution in [0.3, 0.4) is 0 Å². The van der Waals surface area contributed by atoms with Gasteiger partial charge >= 0.3 is 0 Å². The van der Waals surface area contributed by atoms with Crippen LogP contribution < -0.4 is 0 Å². The maximum atomic E-state index is 5.13. The molecule has 0 atom stereocenters. The molecule has 0 saturated carbocycles. The smallest absolute Gasteiger partial charge is 0.149 e. The number of benzene rings is 6. The van der Waals surface area contributed by atoms with E-state index in [9.17, 15) is 0 Å². The molecule has 0 radical (unpaired) electrons. The second-order valence-electron chi connectivity index (χ2n) is 10.3. The van der Waals surface area contributed by atoms with E-state index in [4.69, 9.17) is 9.97 Å². The minimum atomic E-state index is 0.891. The Kier molecular flexibility index (Phi) is 5.46. The first-order valence-electron chi connectivity index (χ1n) is 13.8. The Morgan fingerprint density at radius 3 is 1.49 bits per heavy atom. The van der Waals surface area contributed by atoms with E-state index in [0.717, 1.165) is 44.5 Å². The van der Waals surface area contributed by atoms with Gasteiger partial charge in [-0.15, -0.1) is 0 Å². The lowest BCUT2D eigenvalue weighted by atomic mass is 9.93. The van der Waals surface area contributed by atoms with Gasteiger partial charge in [0.1, 0.15) is 11.5 Å². The third-order valence-electron chi connectivity index (χ3n) is 7.77. The Bertz CT molecular complexity index is 2120. The standard InChI is InChI=1S/C38H25N3/c1-3-11-26(12-4-1)30-23-31(27-13-5-2-6-14-27)25-32(24-30)28-19-21-29(22-20-28)37-39-34-16-8-7-15-33(34)38-40-35-17-9-10-18-36(35)41(37)38/h1-25H. The van der Waals surface area contributed by atoms with Crippen LogP contribution in [0.4, 0.5) is 0 Å². The molecule has 0 amide bonds. The summed E-state index contributed by atoms with van der Waals surface area (Å²) in [7, 11) is 0. The van der Waals surface area contributed by atoms with E-state index >= 15 is 0 Å². The quantitative estimate of drug-likeness (QED) is 0.230. The van der Waals surface area contributed by atoms with E-state index < -0.39 is 0 Å². The third kappa shape index (κ3) is 4.07. The summed E-state index contributed by atoms with van der Waals surface area (Å²) in [6.45, 7) is 0. The highest BCUT2D eigenvalue weighted by Gasteiger charge is 2.15. The largest absolute Gasteiger partial charge is 0.276 e. The van der Waals surface area contributed by atoms with Crippen molar-refractivity contribution in [3.05, 3.63) is 152 Å². The predicted molar refractivity (Wildman–Crippen MR) is 170 cm³/mol. The summed E-state index contributed by atoms with van der Waals surface area (Å²) in [5.41, 5.74) is 12.1. The molecule has 8 rings (SSSR count). The lowest BCUT2D eigenvalue weighted by molar-refractivity contribution is 1.16. The lowest BCUT2D eigenvalue weighted by Gasteiger charge is -2.13. The summed E-state index contributed by atoms with van der Waals surface area (Å²) in [6, 6.07) is 53.3. The van der Waals surface area contributed by atoms with Crippen LogP contribution in [0, 0.1) is 0 Å². The first-order chi connectivity index (χ1) is 20.3. The molecule has 6 aromatic carbocycles. The third-order valence-corrected chi connectivity index (χ3v) is 7.77. The monoisotopic (exact) mass is 523 g/mol. The lowest BCUT2D eigenvalue weighted by Crippen LogP contribution is -1.98. The number of aromatic nitrogens is 3. The number of fused-ring (bicyclic) bond motifs is 5. The Hall–Kier alpha value is -5.54. The average Bonchev–Trinajstić information content (AvgIpc) is 3.45. The van der Waals surface area contributed by atoms with Gasteiger partial charge in [-0.1, -0.05) is 109 Å². The molecule has 2 aromatic heterocycles. The van der Waals surface area contributed by atoms with Crippen LogP contribution in [-0.4, -0.2) is 14.4 Å². The molecule has 0 aliphatic carbocycles. The van der Waals surface area contributed by atoms with Gasteiger partial charge in [-0.2, -0.15) is 0 Å². The fourth-order valence-corrected chi connectivity index (χ4v) is 5.74. The zero-order valence-electron chi connectivity index (χ0n) is 22.3. The number of nitrogens with zero attached hydrogens (tertiary/aromatic N) is 3. The molecule has 192 valence electrons. The molecule has 41 heavy (non-hydrogen) atoms. The topological polar surface area (TPSA) is 30.2 Å². The fourth-order valence-electron chi connectivity index (χ4n) is 5.74. The van der Waals surface area contributed by atoms with E-state index in [1.54, 1.807) is 0 Å². The molecule has 0 aliphatic rings. The van der Waals surface area contributed by atoms with E-state index in [-0.39, 0.29) is 0 Å². The van der Waals surface area contributed by atoms with Gasteiger partial charge in [-0.3, -0.25) is 4.40 Å². The highest BCUT2D eigenvalue weighted by atomic mass is 15.1. The minimum absolute atomic E-state index is 0.891. The summed E-state index contributed by atoms with van der Waals surface area (Å²) in [5, 5.41) is 1.05. The Balaban J connectivity index is 1.29. The van der Waals surface area contributed by atoms with Crippen molar-refractivity contribution >= 4 is 27.6 Å². The van der Waals surface area contributed by atoms with Crippen molar-refractivity contribution in [3.63, 3.8) is 0 Å². The van der Waals surface area contributed by atoms with E-state index in [2.05, 4.69) is 138 Å². The van der Waals surface area contributed by atoms with Crippen molar-refractivity contribution in [3.8, 4) is 44.8 Å². The normalized spacial score (nSPS) is 11.4. The Morgan fingerprint density at radius 2 is 0.854 bits per heavy atom. The van der Waals surface area contributed by atoms with Crippen molar-refractivity contribution in [1.29, 1.82) is 0 Å². The summed E-state index contributed by atoms with van der Waals surface area (Å²) >= 11 is 0. The van der Waals surface area contributed by atoms with Crippen molar-refractivity contribution in [2.45, 2.75) is 0 Å².